The Morgan fingerprint density at radius 2 is 1.76 bits per heavy atom. The van der Waals surface area contributed by atoms with Gasteiger partial charge in [0.1, 0.15) is 5.82 Å². The largest absolute Gasteiger partial charge is 0.491 e. The molecule has 2 aromatic heterocycles. The molecule has 33 heavy (non-hydrogen) atoms. The van der Waals surface area contributed by atoms with Crippen molar-refractivity contribution in [1.82, 2.24) is 14.3 Å². The molecular formula is C23H21F2N3O4S. The molecule has 2 aromatic carbocycles. The van der Waals surface area contributed by atoms with Gasteiger partial charge in [-0.2, -0.15) is 4.39 Å². The van der Waals surface area contributed by atoms with Gasteiger partial charge >= 0.3 is 0 Å². The third-order valence-corrected chi connectivity index (χ3v) is 6.09. The fourth-order valence-electron chi connectivity index (χ4n) is 3.77. The molecule has 0 saturated carbocycles. The van der Waals surface area contributed by atoms with Crippen molar-refractivity contribution in [2.24, 2.45) is 7.05 Å². The quantitative estimate of drug-likeness (QED) is 0.429. The first-order valence-electron chi connectivity index (χ1n) is 9.92. The number of rotatable bonds is 6. The molecule has 10 heteroatoms. The summed E-state index contributed by atoms with van der Waals surface area (Å²) in [7, 11) is -0.539. The fourth-order valence-corrected chi connectivity index (χ4v) is 4.56. The number of aromatic nitrogens is 3. The highest BCUT2D eigenvalue weighted by molar-refractivity contribution is 7.89. The summed E-state index contributed by atoms with van der Waals surface area (Å²) in [5.41, 5.74) is 2.14. The van der Waals surface area contributed by atoms with E-state index >= 15 is 0 Å². The fraction of sp³-hybridized carbons (Fsp3) is 0.217. The summed E-state index contributed by atoms with van der Waals surface area (Å²) in [5, 5.41) is 4.08. The van der Waals surface area contributed by atoms with E-state index in [1.54, 1.807) is 43.6 Å². The third-order valence-electron chi connectivity index (χ3n) is 5.26. The van der Waals surface area contributed by atoms with Crippen LogP contribution in [0.1, 0.15) is 11.1 Å². The number of sulfone groups is 1. The lowest BCUT2D eigenvalue weighted by molar-refractivity contribution is 0.405. The van der Waals surface area contributed by atoms with Crippen LogP contribution in [-0.4, -0.2) is 36.1 Å². The van der Waals surface area contributed by atoms with Crippen molar-refractivity contribution in [3.05, 3.63) is 81.9 Å². The van der Waals surface area contributed by atoms with Gasteiger partial charge in [0.05, 0.1) is 30.3 Å². The van der Waals surface area contributed by atoms with Crippen LogP contribution in [-0.2, 0) is 29.2 Å². The molecular weight excluding hydrogens is 452 g/mol. The lowest BCUT2D eigenvalue weighted by atomic mass is 10.0. The van der Waals surface area contributed by atoms with Gasteiger partial charge in [0.15, 0.2) is 15.6 Å². The number of halogens is 2. The van der Waals surface area contributed by atoms with E-state index in [-0.39, 0.29) is 34.6 Å². The first-order valence-corrected chi connectivity index (χ1v) is 12.0. The molecule has 4 rings (SSSR count). The lowest BCUT2D eigenvalue weighted by Crippen LogP contribution is -2.17. The Labute approximate surface area is 188 Å². The standard InChI is InChI=1S/C23H21F2N3O4S/c1-27-12-16(10-20(32-2)23(27)29)15-8-17(13-33(3,30)31)21-19(9-15)28(26-22(21)25)11-14-4-6-18(24)7-5-14/h4-10,12H,11,13H2,1-3H3. The number of fused-ring (bicyclic) bond motifs is 1. The average Bonchev–Trinajstić information content (AvgIpc) is 3.06. The van der Waals surface area contributed by atoms with Crippen molar-refractivity contribution >= 4 is 20.7 Å². The first-order chi connectivity index (χ1) is 15.6. The third kappa shape index (κ3) is 4.65. The van der Waals surface area contributed by atoms with E-state index in [1.807, 2.05) is 0 Å². The Kier molecular flexibility index (Phi) is 5.79. The van der Waals surface area contributed by atoms with Crippen LogP contribution in [0, 0.1) is 11.8 Å². The molecule has 0 atom stereocenters. The predicted octanol–water partition coefficient (Wildman–Crippen LogP) is 3.28. The molecule has 0 unspecified atom stereocenters. The van der Waals surface area contributed by atoms with Crippen LogP contribution in [0.2, 0.25) is 0 Å². The summed E-state index contributed by atoms with van der Waals surface area (Å²) in [6.07, 6.45) is 2.66. The minimum Gasteiger partial charge on any atom is -0.491 e. The highest BCUT2D eigenvalue weighted by Crippen LogP contribution is 2.31. The van der Waals surface area contributed by atoms with Crippen LogP contribution in [0.25, 0.3) is 22.0 Å². The normalized spacial score (nSPS) is 11.8. The molecule has 0 saturated heterocycles. The van der Waals surface area contributed by atoms with Gasteiger partial charge in [0.2, 0.25) is 5.95 Å². The Balaban J connectivity index is 1.96. The summed E-state index contributed by atoms with van der Waals surface area (Å²) in [6.45, 7) is 0.152. The van der Waals surface area contributed by atoms with E-state index < -0.39 is 21.6 Å². The second-order valence-corrected chi connectivity index (χ2v) is 10.0. The Morgan fingerprint density at radius 1 is 1.06 bits per heavy atom. The van der Waals surface area contributed by atoms with E-state index in [0.717, 1.165) is 6.26 Å². The van der Waals surface area contributed by atoms with Crippen LogP contribution in [0.4, 0.5) is 8.78 Å². The van der Waals surface area contributed by atoms with E-state index in [1.165, 1.54) is 28.5 Å². The smallest absolute Gasteiger partial charge is 0.292 e. The lowest BCUT2D eigenvalue weighted by Gasteiger charge is -2.12. The molecule has 0 bridgehead atoms. The van der Waals surface area contributed by atoms with Crippen LogP contribution >= 0.6 is 0 Å². The molecule has 172 valence electrons. The molecule has 0 amide bonds. The number of ether oxygens (including phenoxy) is 1. The van der Waals surface area contributed by atoms with Gasteiger partial charge in [0.25, 0.3) is 5.56 Å². The molecule has 0 N–H and O–H groups in total. The highest BCUT2D eigenvalue weighted by atomic mass is 32.2. The average molecular weight is 474 g/mol. The zero-order valence-electron chi connectivity index (χ0n) is 18.2. The summed E-state index contributed by atoms with van der Waals surface area (Å²) in [4.78, 5) is 12.2. The van der Waals surface area contributed by atoms with Gasteiger partial charge in [-0.05, 0) is 47.0 Å². The summed E-state index contributed by atoms with van der Waals surface area (Å²) in [6, 6.07) is 10.5. The topological polar surface area (TPSA) is 83.2 Å². The highest BCUT2D eigenvalue weighted by Gasteiger charge is 2.20. The van der Waals surface area contributed by atoms with Gasteiger partial charge in [-0.15, -0.1) is 5.10 Å². The van der Waals surface area contributed by atoms with E-state index in [0.29, 0.717) is 22.2 Å². The van der Waals surface area contributed by atoms with E-state index in [9.17, 15) is 22.0 Å². The number of nitrogens with zero attached hydrogens (tertiary/aromatic N) is 3. The number of hydrogen-bond acceptors (Lipinski definition) is 5. The molecule has 0 aliphatic carbocycles. The van der Waals surface area contributed by atoms with Crippen LogP contribution in [0.15, 0.2) is 53.5 Å². The van der Waals surface area contributed by atoms with Gasteiger partial charge < -0.3 is 9.30 Å². The van der Waals surface area contributed by atoms with E-state index in [4.69, 9.17) is 4.74 Å². The van der Waals surface area contributed by atoms with Gasteiger partial charge in [-0.3, -0.25) is 9.48 Å². The van der Waals surface area contributed by atoms with Crippen molar-refractivity contribution in [2.45, 2.75) is 12.3 Å². The van der Waals surface area contributed by atoms with Crippen molar-refractivity contribution in [3.63, 3.8) is 0 Å². The monoisotopic (exact) mass is 473 g/mol. The summed E-state index contributed by atoms with van der Waals surface area (Å²) >= 11 is 0. The van der Waals surface area contributed by atoms with Crippen LogP contribution < -0.4 is 10.3 Å². The SMILES string of the molecule is COc1cc(-c2cc(CS(C)(=O)=O)c3c(F)nn(Cc4ccc(F)cc4)c3c2)cn(C)c1=O. The number of methoxy groups -OCH3 is 1. The van der Waals surface area contributed by atoms with Crippen LogP contribution in [0.5, 0.6) is 5.75 Å². The minimum atomic E-state index is -3.49. The Morgan fingerprint density at radius 3 is 2.39 bits per heavy atom. The Hall–Kier alpha value is -3.53. The second-order valence-electron chi connectivity index (χ2n) is 7.89. The number of benzene rings is 2. The molecule has 0 spiro atoms. The molecule has 7 nitrogen and oxygen atoms in total. The summed E-state index contributed by atoms with van der Waals surface area (Å²) in [5.74, 6) is -1.46. The molecule has 2 heterocycles. The maximum Gasteiger partial charge on any atom is 0.292 e. The molecule has 4 aromatic rings. The number of pyridine rings is 1. The maximum absolute atomic E-state index is 14.9. The van der Waals surface area contributed by atoms with Gasteiger partial charge in [-0.25, -0.2) is 12.8 Å². The zero-order chi connectivity index (χ0) is 23.9. The van der Waals surface area contributed by atoms with E-state index in [2.05, 4.69) is 5.10 Å². The van der Waals surface area contributed by atoms with Crippen molar-refractivity contribution in [2.75, 3.05) is 13.4 Å². The predicted molar refractivity (Wildman–Crippen MR) is 121 cm³/mol. The number of aryl methyl sites for hydroxylation is 1. The van der Waals surface area contributed by atoms with Gasteiger partial charge in [0, 0.05) is 25.1 Å². The summed E-state index contributed by atoms with van der Waals surface area (Å²) < 4.78 is 60.3. The zero-order valence-corrected chi connectivity index (χ0v) is 19.0. The molecule has 0 aliphatic rings. The maximum atomic E-state index is 14.9. The van der Waals surface area contributed by atoms with Gasteiger partial charge in [-0.1, -0.05) is 12.1 Å². The van der Waals surface area contributed by atoms with Crippen molar-refractivity contribution in [3.8, 4) is 16.9 Å². The molecule has 0 fully saturated rings. The van der Waals surface area contributed by atoms with Crippen molar-refractivity contribution in [1.29, 1.82) is 0 Å². The molecule has 0 radical (unpaired) electrons. The minimum absolute atomic E-state index is 0.100. The second kappa shape index (κ2) is 8.43. The van der Waals surface area contributed by atoms with Crippen LogP contribution in [0.3, 0.4) is 0 Å². The molecule has 0 aliphatic heterocycles. The Bertz CT molecular complexity index is 1520. The van der Waals surface area contributed by atoms with Crippen molar-refractivity contribution < 1.29 is 21.9 Å². The first kappa shape index (κ1) is 22.7. The number of hydrogen-bond donors (Lipinski definition) is 0.